The normalized spacial score (nSPS) is 10.6. The molecule has 2 aromatic carbocycles. The number of tetrazole rings is 1. The maximum atomic E-state index is 11.4. The van der Waals surface area contributed by atoms with Gasteiger partial charge in [0.25, 0.3) is 0 Å². The first-order chi connectivity index (χ1) is 15.1. The summed E-state index contributed by atoms with van der Waals surface area (Å²) in [5.41, 5.74) is 4.24. The van der Waals surface area contributed by atoms with Gasteiger partial charge in [-0.05, 0) is 47.7 Å². The number of carbonyl (C=O) groups excluding carboxylic acids is 1. The molecule has 0 spiro atoms. The van der Waals surface area contributed by atoms with Crippen LogP contribution in [0, 0.1) is 18.3 Å². The Balaban J connectivity index is 1.64. The molecule has 9 nitrogen and oxygen atoms in total. The summed E-state index contributed by atoms with van der Waals surface area (Å²) in [7, 11) is 0. The zero-order chi connectivity index (χ0) is 21.8. The number of para-hydroxylation sites is 1. The van der Waals surface area contributed by atoms with Gasteiger partial charge in [0, 0.05) is 18.4 Å². The molecule has 0 saturated heterocycles. The van der Waals surface area contributed by atoms with E-state index < -0.39 is 0 Å². The van der Waals surface area contributed by atoms with E-state index in [9.17, 15) is 10.1 Å². The highest BCUT2D eigenvalue weighted by atomic mass is 32.2. The molecule has 4 rings (SSSR count). The number of aryl methyl sites for hydroxylation is 1. The largest absolute Gasteiger partial charge is 0.326 e. The van der Waals surface area contributed by atoms with Crippen LogP contribution in [0.5, 0.6) is 0 Å². The van der Waals surface area contributed by atoms with E-state index in [1.54, 1.807) is 21.5 Å². The Labute approximate surface area is 182 Å². The van der Waals surface area contributed by atoms with Crippen LogP contribution < -0.4 is 5.32 Å². The lowest BCUT2D eigenvalue weighted by atomic mass is 10.2. The molecule has 154 valence electrons. The maximum absolute atomic E-state index is 11.4. The number of anilines is 1. The van der Waals surface area contributed by atoms with Crippen molar-refractivity contribution < 1.29 is 4.79 Å². The highest BCUT2D eigenvalue weighted by Gasteiger charge is 2.18. The molecular weight excluding hydrogens is 412 g/mol. The first-order valence-electron chi connectivity index (χ1n) is 9.40. The van der Waals surface area contributed by atoms with Crippen LogP contribution in [-0.4, -0.2) is 35.9 Å². The van der Waals surface area contributed by atoms with Crippen molar-refractivity contribution in [1.82, 2.24) is 30.0 Å². The quantitative estimate of drug-likeness (QED) is 0.467. The molecule has 0 fully saturated rings. The van der Waals surface area contributed by atoms with Crippen molar-refractivity contribution >= 4 is 23.4 Å². The molecule has 2 aromatic heterocycles. The van der Waals surface area contributed by atoms with Gasteiger partial charge in [0.1, 0.15) is 6.07 Å². The summed E-state index contributed by atoms with van der Waals surface area (Å²) in [6, 6.07) is 19.2. The van der Waals surface area contributed by atoms with Gasteiger partial charge in [0.2, 0.25) is 11.1 Å². The van der Waals surface area contributed by atoms with Gasteiger partial charge in [-0.3, -0.25) is 4.79 Å². The van der Waals surface area contributed by atoms with Crippen LogP contribution in [0.25, 0.3) is 11.4 Å². The fourth-order valence-corrected chi connectivity index (χ4v) is 4.01. The van der Waals surface area contributed by atoms with Gasteiger partial charge in [-0.15, -0.1) is 5.10 Å². The van der Waals surface area contributed by atoms with E-state index in [2.05, 4.69) is 32.0 Å². The van der Waals surface area contributed by atoms with Crippen molar-refractivity contribution in [3.8, 4) is 17.4 Å². The minimum Gasteiger partial charge on any atom is -0.326 e. The van der Waals surface area contributed by atoms with Crippen LogP contribution in [0.3, 0.4) is 0 Å². The van der Waals surface area contributed by atoms with Crippen LogP contribution in [-0.2, 0) is 10.5 Å². The van der Waals surface area contributed by atoms with Crippen molar-refractivity contribution in [1.29, 1.82) is 5.26 Å². The number of benzene rings is 2. The van der Waals surface area contributed by atoms with Gasteiger partial charge in [0.15, 0.2) is 0 Å². The molecule has 0 atom stereocenters. The van der Waals surface area contributed by atoms with Gasteiger partial charge in [-0.25, -0.2) is 4.68 Å². The van der Waals surface area contributed by atoms with Crippen LogP contribution in [0.2, 0.25) is 0 Å². The van der Waals surface area contributed by atoms with Gasteiger partial charge in [-0.2, -0.15) is 15.0 Å². The number of aromatic nitrogens is 6. The second-order valence-electron chi connectivity index (χ2n) is 6.66. The standard InChI is InChI=1S/C21H18N8OS/c1-14-19(12-22)20(28(25-14)17-8-4-3-5-9-17)13-31-21-24-26-27-29(21)18-10-6-7-16(11-18)23-15(2)30/h3-11H,13H2,1-2H3,(H,23,30). The van der Waals surface area contributed by atoms with Crippen LogP contribution in [0.15, 0.2) is 59.8 Å². The predicted molar refractivity (Wildman–Crippen MR) is 116 cm³/mol. The molecule has 10 heteroatoms. The van der Waals surface area contributed by atoms with Crippen molar-refractivity contribution in [3.63, 3.8) is 0 Å². The molecule has 0 saturated carbocycles. The second-order valence-corrected chi connectivity index (χ2v) is 7.60. The molecule has 1 amide bonds. The Morgan fingerprint density at radius 1 is 1.13 bits per heavy atom. The van der Waals surface area contributed by atoms with Crippen molar-refractivity contribution in [2.24, 2.45) is 0 Å². The number of nitrogens with zero attached hydrogens (tertiary/aromatic N) is 7. The predicted octanol–water partition coefficient (Wildman–Crippen LogP) is 3.28. The maximum Gasteiger partial charge on any atom is 0.221 e. The van der Waals surface area contributed by atoms with E-state index in [1.807, 2.05) is 49.4 Å². The van der Waals surface area contributed by atoms with Gasteiger partial charge >= 0.3 is 0 Å². The molecule has 0 aliphatic rings. The van der Waals surface area contributed by atoms with Gasteiger partial charge in [-0.1, -0.05) is 36.0 Å². The smallest absolute Gasteiger partial charge is 0.221 e. The lowest BCUT2D eigenvalue weighted by molar-refractivity contribution is -0.114. The fourth-order valence-electron chi connectivity index (χ4n) is 3.12. The highest BCUT2D eigenvalue weighted by molar-refractivity contribution is 7.98. The average Bonchev–Trinajstić information content (AvgIpc) is 3.36. The molecule has 1 N–H and O–H groups in total. The van der Waals surface area contributed by atoms with Gasteiger partial charge < -0.3 is 5.32 Å². The topological polar surface area (TPSA) is 114 Å². The molecule has 0 bridgehead atoms. The molecule has 0 aliphatic carbocycles. The molecule has 0 unspecified atom stereocenters. The minimum atomic E-state index is -0.156. The van der Waals surface area contributed by atoms with Crippen molar-refractivity contribution in [3.05, 3.63) is 71.5 Å². The zero-order valence-corrected chi connectivity index (χ0v) is 17.7. The van der Waals surface area contributed by atoms with Crippen molar-refractivity contribution in [2.45, 2.75) is 24.8 Å². The van der Waals surface area contributed by atoms with Crippen LogP contribution >= 0.6 is 11.8 Å². The number of carbonyl (C=O) groups is 1. The Hall–Kier alpha value is -3.97. The van der Waals surface area contributed by atoms with Gasteiger partial charge in [0.05, 0.1) is 28.3 Å². The highest BCUT2D eigenvalue weighted by Crippen LogP contribution is 2.27. The number of nitrogens with one attached hydrogen (secondary N) is 1. The second kappa shape index (κ2) is 8.81. The van der Waals surface area contributed by atoms with E-state index in [-0.39, 0.29) is 5.91 Å². The SMILES string of the molecule is CC(=O)Nc1cccc(-n2nnnc2SCc2c(C#N)c(C)nn2-c2ccccc2)c1. The Morgan fingerprint density at radius 2 is 1.90 bits per heavy atom. The number of thioether (sulfide) groups is 1. The van der Waals surface area contributed by atoms with E-state index in [0.717, 1.165) is 11.4 Å². The number of amides is 1. The third-order valence-corrected chi connectivity index (χ3v) is 5.39. The molecule has 4 aromatic rings. The fraction of sp³-hybridized carbons (Fsp3) is 0.143. The van der Waals surface area contributed by atoms with E-state index in [0.29, 0.717) is 33.5 Å². The summed E-state index contributed by atoms with van der Waals surface area (Å²) in [4.78, 5) is 11.4. The number of nitriles is 1. The molecule has 0 aliphatic heterocycles. The first-order valence-corrected chi connectivity index (χ1v) is 10.4. The number of hydrogen-bond donors (Lipinski definition) is 1. The minimum absolute atomic E-state index is 0.156. The van der Waals surface area contributed by atoms with E-state index >= 15 is 0 Å². The summed E-state index contributed by atoms with van der Waals surface area (Å²) >= 11 is 1.40. The Morgan fingerprint density at radius 3 is 2.65 bits per heavy atom. The number of rotatable bonds is 6. The van der Waals surface area contributed by atoms with Crippen LogP contribution in [0.4, 0.5) is 5.69 Å². The summed E-state index contributed by atoms with van der Waals surface area (Å²) < 4.78 is 3.38. The lowest BCUT2D eigenvalue weighted by Gasteiger charge is -2.09. The lowest BCUT2D eigenvalue weighted by Crippen LogP contribution is -2.07. The van der Waals surface area contributed by atoms with E-state index in [4.69, 9.17) is 0 Å². The monoisotopic (exact) mass is 430 g/mol. The molecule has 2 heterocycles. The Kier molecular flexibility index (Phi) is 5.77. The molecule has 0 radical (unpaired) electrons. The van der Waals surface area contributed by atoms with Crippen LogP contribution in [0.1, 0.15) is 23.9 Å². The number of hydrogen-bond acceptors (Lipinski definition) is 7. The third kappa shape index (κ3) is 4.31. The average molecular weight is 430 g/mol. The first kappa shape index (κ1) is 20.3. The third-order valence-electron chi connectivity index (χ3n) is 4.46. The zero-order valence-electron chi connectivity index (χ0n) is 16.9. The molecular formula is C21H18N8OS. The summed E-state index contributed by atoms with van der Waals surface area (Å²) in [6.45, 7) is 3.28. The summed E-state index contributed by atoms with van der Waals surface area (Å²) in [5, 5.41) is 29.5. The molecule has 31 heavy (non-hydrogen) atoms. The van der Waals surface area contributed by atoms with E-state index in [1.165, 1.54) is 18.7 Å². The van der Waals surface area contributed by atoms with Crippen molar-refractivity contribution in [2.75, 3.05) is 5.32 Å². The Bertz CT molecular complexity index is 1270. The summed E-state index contributed by atoms with van der Waals surface area (Å²) in [5.74, 6) is 0.293. The summed E-state index contributed by atoms with van der Waals surface area (Å²) in [6.07, 6.45) is 0.